The number of nitrogens with zero attached hydrogens (tertiary/aromatic N) is 3. The van der Waals surface area contributed by atoms with Crippen LogP contribution in [-0.2, 0) is 11.3 Å². The Morgan fingerprint density at radius 1 is 1.27 bits per heavy atom. The van der Waals surface area contributed by atoms with Gasteiger partial charge in [0.25, 0.3) is 0 Å². The van der Waals surface area contributed by atoms with Crippen LogP contribution in [0.5, 0.6) is 0 Å². The zero-order valence-corrected chi connectivity index (χ0v) is 15.7. The summed E-state index contributed by atoms with van der Waals surface area (Å²) in [5.41, 5.74) is 6.76. The predicted octanol–water partition coefficient (Wildman–Crippen LogP) is 4.61. The number of hydrogen-bond acceptors (Lipinski definition) is 3. The summed E-state index contributed by atoms with van der Waals surface area (Å²) < 4.78 is 2.51. The summed E-state index contributed by atoms with van der Waals surface area (Å²) in [7, 11) is 1.66. The van der Waals surface area contributed by atoms with E-state index in [-0.39, 0.29) is 0 Å². The maximum absolute atomic E-state index is 5.24. The fourth-order valence-corrected chi connectivity index (χ4v) is 5.38. The molecule has 4 nitrogen and oxygen atoms in total. The molecule has 0 N–H and O–H groups in total. The number of oxime groups is 1. The highest BCUT2D eigenvalue weighted by Gasteiger charge is 2.42. The summed E-state index contributed by atoms with van der Waals surface area (Å²) in [6.07, 6.45) is 8.25. The normalized spacial score (nSPS) is 25.2. The minimum atomic E-state index is 0.536. The zero-order valence-electron chi connectivity index (χ0n) is 15.7. The second-order valence-electron chi connectivity index (χ2n) is 7.78. The molecule has 4 heterocycles. The molecular weight excluding hydrogens is 322 g/mol. The first-order chi connectivity index (χ1) is 12.8. The van der Waals surface area contributed by atoms with Crippen LogP contribution in [0.25, 0.3) is 16.6 Å². The van der Waals surface area contributed by atoms with Gasteiger partial charge in [0.15, 0.2) is 0 Å². The summed E-state index contributed by atoms with van der Waals surface area (Å²) in [4.78, 5) is 7.95. The van der Waals surface area contributed by atoms with Gasteiger partial charge < -0.3 is 9.40 Å². The number of rotatable bonds is 4. The van der Waals surface area contributed by atoms with Gasteiger partial charge in [0.1, 0.15) is 12.8 Å². The molecule has 1 aromatic heterocycles. The lowest BCUT2D eigenvalue weighted by atomic mass is 9.80. The quantitative estimate of drug-likeness (QED) is 0.596. The second kappa shape index (κ2) is 6.27. The van der Waals surface area contributed by atoms with Gasteiger partial charge in [-0.05, 0) is 43.9 Å². The van der Waals surface area contributed by atoms with Gasteiger partial charge >= 0.3 is 0 Å². The fourth-order valence-electron chi connectivity index (χ4n) is 5.38. The maximum atomic E-state index is 5.24. The Kier molecular flexibility index (Phi) is 3.89. The molecule has 0 spiro atoms. The molecule has 3 aliphatic heterocycles. The maximum Gasteiger partial charge on any atom is 0.106 e. The molecule has 0 saturated carbocycles. The lowest BCUT2D eigenvalue weighted by Gasteiger charge is -2.46. The van der Waals surface area contributed by atoms with Crippen molar-refractivity contribution in [2.45, 2.75) is 45.1 Å². The number of fused-ring (bicyclic) bond motifs is 3. The van der Waals surface area contributed by atoms with Gasteiger partial charge in [0, 0.05) is 23.5 Å². The van der Waals surface area contributed by atoms with Gasteiger partial charge in [-0.15, -0.1) is 0 Å². The molecule has 1 fully saturated rings. The molecule has 2 atom stereocenters. The number of allylic oxidation sites excluding steroid dienone is 1. The average molecular weight is 349 g/mol. The Morgan fingerprint density at radius 3 is 3.00 bits per heavy atom. The molecular formula is C22H27N3O. The molecule has 2 aromatic rings. The van der Waals surface area contributed by atoms with Crippen molar-refractivity contribution >= 4 is 22.3 Å². The molecule has 0 amide bonds. The number of hydrogen-bond donors (Lipinski definition) is 0. The van der Waals surface area contributed by atoms with Crippen molar-refractivity contribution in [3.63, 3.8) is 0 Å². The molecule has 1 aromatic carbocycles. The van der Waals surface area contributed by atoms with E-state index in [2.05, 4.69) is 51.9 Å². The van der Waals surface area contributed by atoms with Crippen LogP contribution in [0.3, 0.4) is 0 Å². The highest BCUT2D eigenvalue weighted by molar-refractivity contribution is 6.20. The van der Waals surface area contributed by atoms with Gasteiger partial charge in [0.2, 0.25) is 0 Å². The Bertz CT molecular complexity index is 907. The van der Waals surface area contributed by atoms with Crippen molar-refractivity contribution in [1.29, 1.82) is 0 Å². The molecule has 0 radical (unpaired) electrons. The summed E-state index contributed by atoms with van der Waals surface area (Å²) in [5.74, 6) is 0.591. The van der Waals surface area contributed by atoms with Gasteiger partial charge in [-0.25, -0.2) is 0 Å². The first-order valence-corrected chi connectivity index (χ1v) is 10.0. The first-order valence-electron chi connectivity index (χ1n) is 10.0. The highest BCUT2D eigenvalue weighted by atomic mass is 16.6. The molecule has 1 saturated heterocycles. The predicted molar refractivity (Wildman–Crippen MR) is 106 cm³/mol. The van der Waals surface area contributed by atoms with Crippen LogP contribution in [0.1, 0.15) is 49.9 Å². The number of piperidine rings is 1. The van der Waals surface area contributed by atoms with E-state index in [4.69, 9.17) is 4.84 Å². The molecule has 0 bridgehead atoms. The molecule has 4 heteroatoms. The van der Waals surface area contributed by atoms with E-state index in [1.54, 1.807) is 12.7 Å². The minimum absolute atomic E-state index is 0.536. The van der Waals surface area contributed by atoms with E-state index >= 15 is 0 Å². The summed E-state index contributed by atoms with van der Waals surface area (Å²) in [6, 6.07) is 9.44. The van der Waals surface area contributed by atoms with Crippen molar-refractivity contribution < 1.29 is 4.84 Å². The summed E-state index contributed by atoms with van der Waals surface area (Å²) in [5, 5.41) is 5.86. The van der Waals surface area contributed by atoms with Crippen molar-refractivity contribution in [2.24, 2.45) is 11.1 Å². The molecule has 5 rings (SSSR count). The lowest BCUT2D eigenvalue weighted by Crippen LogP contribution is -2.45. The van der Waals surface area contributed by atoms with Crippen molar-refractivity contribution in [3.8, 4) is 0 Å². The number of para-hydroxylation sites is 1. The van der Waals surface area contributed by atoms with Crippen LogP contribution < -0.4 is 0 Å². The minimum Gasteiger partial charge on any atom is -0.399 e. The van der Waals surface area contributed by atoms with E-state index in [0.29, 0.717) is 12.0 Å². The zero-order chi connectivity index (χ0) is 17.7. The van der Waals surface area contributed by atoms with E-state index in [9.17, 15) is 0 Å². The largest absolute Gasteiger partial charge is 0.399 e. The molecule has 136 valence electrons. The smallest absolute Gasteiger partial charge is 0.106 e. The van der Waals surface area contributed by atoms with Crippen LogP contribution in [0.15, 0.2) is 35.5 Å². The number of aromatic nitrogens is 1. The third-order valence-corrected chi connectivity index (χ3v) is 6.33. The lowest BCUT2D eigenvalue weighted by molar-refractivity contribution is 0.0978. The highest BCUT2D eigenvalue weighted by Crippen LogP contribution is 2.49. The van der Waals surface area contributed by atoms with Crippen molar-refractivity contribution in [2.75, 3.05) is 20.2 Å². The van der Waals surface area contributed by atoms with Crippen LogP contribution in [0, 0.1) is 5.92 Å². The van der Waals surface area contributed by atoms with Crippen LogP contribution in [0.4, 0.5) is 0 Å². The van der Waals surface area contributed by atoms with Crippen LogP contribution >= 0.6 is 0 Å². The fraction of sp³-hybridized carbons (Fsp3) is 0.500. The standard InChI is InChI=1S/C22H27N3O/c1-3-7-18(23-26-2)20-14-15-8-6-12-24-13-11-17-16-9-4-5-10-19(16)25(20)22(17)21(15)24/h4-5,9-10,14-15,21H,3,6-8,11-13H2,1-2H3/b23-18+. The van der Waals surface area contributed by atoms with Crippen LogP contribution in [0.2, 0.25) is 0 Å². The average Bonchev–Trinajstić information content (AvgIpc) is 3.02. The Balaban J connectivity index is 1.80. The van der Waals surface area contributed by atoms with E-state index in [1.165, 1.54) is 48.2 Å². The molecule has 26 heavy (non-hydrogen) atoms. The molecule has 3 aliphatic rings. The van der Waals surface area contributed by atoms with Gasteiger partial charge in [-0.3, -0.25) is 4.90 Å². The number of benzene rings is 1. The SMILES string of the molecule is CCC/C(=N\OC)C1=CC2CCCN3CCc4c(n1c1ccccc41)C23. The van der Waals surface area contributed by atoms with Crippen molar-refractivity contribution in [1.82, 2.24) is 9.47 Å². The third-order valence-electron chi connectivity index (χ3n) is 6.33. The van der Waals surface area contributed by atoms with E-state index < -0.39 is 0 Å². The van der Waals surface area contributed by atoms with Crippen molar-refractivity contribution in [3.05, 3.63) is 41.6 Å². The molecule has 0 aliphatic carbocycles. The van der Waals surface area contributed by atoms with Gasteiger partial charge in [-0.2, -0.15) is 0 Å². The third kappa shape index (κ3) is 2.21. The first kappa shape index (κ1) is 16.1. The topological polar surface area (TPSA) is 29.8 Å². The summed E-state index contributed by atoms with van der Waals surface area (Å²) in [6.45, 7) is 4.64. The van der Waals surface area contributed by atoms with Gasteiger partial charge in [-0.1, -0.05) is 42.8 Å². The molecule has 2 unspecified atom stereocenters. The van der Waals surface area contributed by atoms with Crippen LogP contribution in [-0.4, -0.2) is 35.4 Å². The Labute approximate surface area is 155 Å². The monoisotopic (exact) mass is 349 g/mol. The van der Waals surface area contributed by atoms with Gasteiger partial charge in [0.05, 0.1) is 17.3 Å². The second-order valence-corrected chi connectivity index (χ2v) is 7.78. The Hall–Kier alpha value is -2.07. The van der Waals surface area contributed by atoms with E-state index in [0.717, 1.165) is 25.0 Å². The van der Waals surface area contributed by atoms with E-state index in [1.807, 2.05) is 0 Å². The Morgan fingerprint density at radius 2 is 2.15 bits per heavy atom. The summed E-state index contributed by atoms with van der Waals surface area (Å²) >= 11 is 0.